The molecule has 6 heteroatoms. The van der Waals surface area contributed by atoms with Gasteiger partial charge in [-0.25, -0.2) is 22.0 Å². The maximum Gasteiger partial charge on any atom is 0.167 e. The van der Waals surface area contributed by atoms with Gasteiger partial charge in [-0.2, -0.15) is 0 Å². The predicted molar refractivity (Wildman–Crippen MR) is 98.3 cm³/mol. The second kappa shape index (κ2) is 8.50. The van der Waals surface area contributed by atoms with Gasteiger partial charge in [-0.3, -0.25) is 4.70 Å². The first-order valence-corrected chi connectivity index (χ1v) is 8.56. The molecular weight excluding hydrogens is 378 g/mol. The van der Waals surface area contributed by atoms with Gasteiger partial charge in [-0.1, -0.05) is 37.6 Å². The van der Waals surface area contributed by atoms with Crippen molar-refractivity contribution in [2.24, 2.45) is 0 Å². The second-order valence-electron chi connectivity index (χ2n) is 6.43. The van der Waals surface area contributed by atoms with Crippen molar-refractivity contribution >= 4 is 0 Å². The summed E-state index contributed by atoms with van der Waals surface area (Å²) in [5.74, 6) is -4.59. The van der Waals surface area contributed by atoms with Crippen LogP contribution in [-0.4, -0.2) is 0 Å². The SMILES string of the molecule is CCCc1cc(F)c(-c2ccc(-c3ccc(C)c(F)c3)c(F)c2F)cc1F.F. The molecule has 0 radical (unpaired) electrons. The lowest BCUT2D eigenvalue weighted by Crippen LogP contribution is -1.99. The molecule has 0 aliphatic carbocycles. The summed E-state index contributed by atoms with van der Waals surface area (Å²) < 4.78 is 71.4. The molecule has 0 atom stereocenters. The molecule has 0 unspecified atom stereocenters. The lowest BCUT2D eigenvalue weighted by molar-refractivity contribution is 0.512. The number of hydrogen-bond donors (Lipinski definition) is 0. The molecule has 0 aromatic heterocycles. The maximum atomic E-state index is 14.6. The maximum absolute atomic E-state index is 14.6. The minimum Gasteiger partial charge on any atom is -0.269 e. The Balaban J connectivity index is 0.00000280. The summed E-state index contributed by atoms with van der Waals surface area (Å²) in [6.45, 7) is 3.38. The van der Waals surface area contributed by atoms with Crippen molar-refractivity contribution in [2.75, 3.05) is 0 Å². The van der Waals surface area contributed by atoms with E-state index in [0.717, 1.165) is 18.2 Å². The fraction of sp³-hybridized carbons (Fsp3) is 0.182. The largest absolute Gasteiger partial charge is 0.269 e. The van der Waals surface area contributed by atoms with Crippen molar-refractivity contribution in [1.82, 2.24) is 0 Å². The predicted octanol–water partition coefficient (Wildman–Crippen LogP) is 7.13. The molecule has 0 aliphatic rings. The molecule has 3 aromatic rings. The molecular formula is C22H18F6. The van der Waals surface area contributed by atoms with E-state index in [1.807, 2.05) is 6.92 Å². The molecule has 148 valence electrons. The smallest absolute Gasteiger partial charge is 0.167 e. The summed E-state index contributed by atoms with van der Waals surface area (Å²) in [5.41, 5.74) is -0.175. The van der Waals surface area contributed by atoms with Crippen molar-refractivity contribution in [3.8, 4) is 22.3 Å². The van der Waals surface area contributed by atoms with Gasteiger partial charge in [0.25, 0.3) is 0 Å². The zero-order valence-corrected chi connectivity index (χ0v) is 15.3. The van der Waals surface area contributed by atoms with E-state index in [4.69, 9.17) is 0 Å². The van der Waals surface area contributed by atoms with E-state index in [1.54, 1.807) is 6.92 Å². The summed E-state index contributed by atoms with van der Waals surface area (Å²) in [6, 6.07) is 8.32. The van der Waals surface area contributed by atoms with Gasteiger partial charge in [0, 0.05) is 16.7 Å². The van der Waals surface area contributed by atoms with Crippen LogP contribution >= 0.6 is 0 Å². The van der Waals surface area contributed by atoms with Gasteiger partial charge in [0.15, 0.2) is 11.6 Å². The van der Waals surface area contributed by atoms with E-state index in [-0.39, 0.29) is 32.5 Å². The Bertz CT molecular complexity index is 1010. The van der Waals surface area contributed by atoms with Crippen molar-refractivity contribution in [2.45, 2.75) is 26.7 Å². The van der Waals surface area contributed by atoms with E-state index in [9.17, 15) is 22.0 Å². The van der Waals surface area contributed by atoms with E-state index in [2.05, 4.69) is 0 Å². The minimum atomic E-state index is -1.31. The summed E-state index contributed by atoms with van der Waals surface area (Å²) in [7, 11) is 0. The van der Waals surface area contributed by atoms with Crippen LogP contribution in [0.5, 0.6) is 0 Å². The highest BCUT2D eigenvalue weighted by Gasteiger charge is 2.20. The Morgan fingerprint density at radius 3 is 1.96 bits per heavy atom. The normalized spacial score (nSPS) is 10.7. The van der Waals surface area contributed by atoms with Gasteiger partial charge in [-0.05, 0) is 48.2 Å². The third-order valence-electron chi connectivity index (χ3n) is 4.51. The Labute approximate surface area is 159 Å². The molecule has 0 nitrogen and oxygen atoms in total. The van der Waals surface area contributed by atoms with Crippen molar-refractivity contribution in [3.05, 3.63) is 82.7 Å². The Hall–Kier alpha value is -2.76. The van der Waals surface area contributed by atoms with Crippen LogP contribution in [0.25, 0.3) is 22.3 Å². The molecule has 0 fully saturated rings. The molecule has 0 amide bonds. The number of aryl methyl sites for hydroxylation is 2. The lowest BCUT2D eigenvalue weighted by Gasteiger charge is -2.12. The van der Waals surface area contributed by atoms with Gasteiger partial charge < -0.3 is 0 Å². The van der Waals surface area contributed by atoms with Gasteiger partial charge in [0.2, 0.25) is 0 Å². The molecule has 0 heterocycles. The third-order valence-corrected chi connectivity index (χ3v) is 4.51. The van der Waals surface area contributed by atoms with Gasteiger partial charge in [0.05, 0.1) is 0 Å². The fourth-order valence-corrected chi connectivity index (χ4v) is 3.00. The number of hydrogen-bond acceptors (Lipinski definition) is 0. The van der Waals surface area contributed by atoms with Gasteiger partial charge in [0.1, 0.15) is 17.5 Å². The first-order valence-electron chi connectivity index (χ1n) is 8.56. The molecule has 3 aromatic carbocycles. The summed E-state index contributed by atoms with van der Waals surface area (Å²) in [6.07, 6.45) is 0.971. The average Bonchev–Trinajstić information content (AvgIpc) is 2.63. The van der Waals surface area contributed by atoms with Crippen LogP contribution in [0.4, 0.5) is 26.7 Å². The number of benzene rings is 3. The highest BCUT2D eigenvalue weighted by molar-refractivity contribution is 5.72. The number of halogens is 6. The minimum absolute atomic E-state index is 0. The third kappa shape index (κ3) is 3.91. The van der Waals surface area contributed by atoms with E-state index >= 15 is 0 Å². The standard InChI is InChI=1S/C22H17F5.FH/c1-3-4-14-10-20(25)17(11-19(14)24)16-8-7-15(21(26)22(16)27)13-6-5-12(2)18(23)9-13;/h5-11H,3-4H2,1-2H3;1H. The van der Waals surface area contributed by atoms with Crippen LogP contribution in [-0.2, 0) is 6.42 Å². The first-order chi connectivity index (χ1) is 12.8. The van der Waals surface area contributed by atoms with Crippen LogP contribution in [0.3, 0.4) is 0 Å². The molecule has 0 N–H and O–H groups in total. The van der Waals surface area contributed by atoms with E-state index in [1.165, 1.54) is 24.3 Å². The first kappa shape index (κ1) is 21.5. The quantitative estimate of drug-likeness (QED) is 0.412. The molecule has 0 saturated carbocycles. The summed E-state index contributed by atoms with van der Waals surface area (Å²) >= 11 is 0. The van der Waals surface area contributed by atoms with Crippen LogP contribution < -0.4 is 0 Å². The second-order valence-corrected chi connectivity index (χ2v) is 6.43. The van der Waals surface area contributed by atoms with Gasteiger partial charge >= 0.3 is 0 Å². The molecule has 0 bridgehead atoms. The Morgan fingerprint density at radius 1 is 0.679 bits per heavy atom. The highest BCUT2D eigenvalue weighted by atomic mass is 19.2. The Kier molecular flexibility index (Phi) is 6.54. The molecule has 3 rings (SSSR count). The zero-order valence-electron chi connectivity index (χ0n) is 15.3. The van der Waals surface area contributed by atoms with Crippen LogP contribution in [0.15, 0.2) is 42.5 Å². The monoisotopic (exact) mass is 396 g/mol. The molecule has 0 spiro atoms. The van der Waals surface area contributed by atoms with Gasteiger partial charge in [-0.15, -0.1) is 0 Å². The molecule has 0 aliphatic heterocycles. The fourth-order valence-electron chi connectivity index (χ4n) is 3.00. The van der Waals surface area contributed by atoms with Crippen molar-refractivity contribution in [3.63, 3.8) is 0 Å². The molecule has 28 heavy (non-hydrogen) atoms. The average molecular weight is 396 g/mol. The van der Waals surface area contributed by atoms with E-state index in [0.29, 0.717) is 18.4 Å². The number of rotatable bonds is 4. The highest BCUT2D eigenvalue weighted by Crippen LogP contribution is 2.34. The van der Waals surface area contributed by atoms with Crippen molar-refractivity contribution < 1.29 is 26.7 Å². The Morgan fingerprint density at radius 2 is 1.32 bits per heavy atom. The van der Waals surface area contributed by atoms with Crippen molar-refractivity contribution in [1.29, 1.82) is 0 Å². The lowest BCUT2D eigenvalue weighted by atomic mass is 9.96. The zero-order chi connectivity index (χ0) is 19.7. The van der Waals surface area contributed by atoms with Crippen LogP contribution in [0.1, 0.15) is 24.5 Å². The van der Waals surface area contributed by atoms with E-state index < -0.39 is 29.1 Å². The van der Waals surface area contributed by atoms with Crippen LogP contribution in [0, 0.1) is 36.0 Å². The summed E-state index contributed by atoms with van der Waals surface area (Å²) in [5, 5.41) is 0. The van der Waals surface area contributed by atoms with Crippen LogP contribution in [0.2, 0.25) is 0 Å². The molecule has 0 saturated heterocycles. The topological polar surface area (TPSA) is 0 Å². The summed E-state index contributed by atoms with van der Waals surface area (Å²) in [4.78, 5) is 0.